The van der Waals surface area contributed by atoms with Crippen LogP contribution in [-0.4, -0.2) is 87.5 Å². The minimum atomic E-state index is -2.70. The summed E-state index contributed by atoms with van der Waals surface area (Å²) in [7, 11) is 3.60. The molecule has 8 rings (SSSR count). The van der Waals surface area contributed by atoms with Gasteiger partial charge in [-0.1, -0.05) is 24.3 Å². The Morgan fingerprint density at radius 2 is 1.13 bits per heavy atom. The van der Waals surface area contributed by atoms with E-state index in [1.54, 1.807) is 42.5 Å². The molecule has 0 bridgehead atoms. The smallest absolute Gasteiger partial charge is 0.273 e. The molecule has 2 aliphatic carbocycles. The topological polar surface area (TPSA) is 253 Å². The van der Waals surface area contributed by atoms with Gasteiger partial charge in [0.1, 0.15) is 11.6 Å². The second-order valence-corrected chi connectivity index (χ2v) is 14.8. The molecule has 4 heterocycles. The minimum absolute atomic E-state index is 0.0504. The van der Waals surface area contributed by atoms with Gasteiger partial charge in [0.05, 0.1) is 11.4 Å². The fraction of sp³-hybridized carbons (Fsp3) is 0.333. The monoisotopic (exact) mass is 846 g/mol. The molecule has 6 aromatic rings. The highest BCUT2D eigenvalue weighted by atomic mass is 16.2. The number of hydrogen-bond donors (Lipinski definition) is 6. The summed E-state index contributed by atoms with van der Waals surface area (Å²) in [5, 5.41) is 39.8. The Bertz CT molecular complexity index is 2910. The van der Waals surface area contributed by atoms with Crippen molar-refractivity contribution in [3.05, 3.63) is 82.7 Å². The van der Waals surface area contributed by atoms with E-state index in [2.05, 4.69) is 61.8 Å². The summed E-state index contributed by atoms with van der Waals surface area (Å²) in [4.78, 5) is 58.5. The number of aromatic nitrogens is 10. The highest BCUT2D eigenvalue weighted by Gasteiger charge is 2.31. The van der Waals surface area contributed by atoms with Crippen LogP contribution < -0.4 is 31.9 Å². The summed E-state index contributed by atoms with van der Waals surface area (Å²) in [6.07, 6.45) is 3.26. The molecule has 0 unspecified atom stereocenters. The van der Waals surface area contributed by atoms with Gasteiger partial charge in [-0.05, 0) is 76.6 Å². The number of amides is 4. The number of anilines is 6. The van der Waals surface area contributed by atoms with Crippen molar-refractivity contribution >= 4 is 58.0 Å². The van der Waals surface area contributed by atoms with Crippen LogP contribution in [0.25, 0.3) is 22.8 Å². The summed E-state index contributed by atoms with van der Waals surface area (Å²) in [5.74, 6) is 0.623. The molecule has 20 nitrogen and oxygen atoms in total. The maximum atomic E-state index is 12.6. The number of hydrogen-bond acceptors (Lipinski definition) is 14. The molecule has 20 heteroatoms. The number of carbonyl (C=O) groups is 4. The first-order valence-corrected chi connectivity index (χ1v) is 19.5. The number of nitrogens with zero attached hydrogens (tertiary/aromatic N) is 10. The van der Waals surface area contributed by atoms with Crippen LogP contribution in [-0.2, 0) is 23.7 Å². The molecule has 0 aliphatic heterocycles. The van der Waals surface area contributed by atoms with E-state index in [0.717, 1.165) is 53.8 Å². The lowest BCUT2D eigenvalue weighted by Gasteiger charge is -2.15. The van der Waals surface area contributed by atoms with Gasteiger partial charge in [0.15, 0.2) is 34.7 Å². The quantitative estimate of drug-likeness (QED) is 0.0979. The third-order valence-electron chi connectivity index (χ3n) is 10.2. The van der Waals surface area contributed by atoms with Gasteiger partial charge in [-0.25, -0.2) is 14.6 Å². The lowest BCUT2D eigenvalue weighted by molar-refractivity contribution is -0.118. The molecule has 62 heavy (non-hydrogen) atoms. The Hall–Kier alpha value is -7.64. The normalized spacial score (nSPS) is 14.9. The fourth-order valence-corrected chi connectivity index (χ4v) is 6.34. The molecule has 2 aliphatic rings. The third-order valence-corrected chi connectivity index (χ3v) is 10.2. The van der Waals surface area contributed by atoms with Crippen LogP contribution in [0.3, 0.4) is 0 Å². The van der Waals surface area contributed by atoms with Gasteiger partial charge in [0, 0.05) is 82.7 Å². The van der Waals surface area contributed by atoms with Gasteiger partial charge in [-0.2, -0.15) is 10.2 Å². The van der Waals surface area contributed by atoms with Crippen LogP contribution in [0.15, 0.2) is 48.5 Å². The Kier molecular flexibility index (Phi) is 10.2. The zero-order valence-electron chi connectivity index (χ0n) is 40.7. The molecule has 2 aromatic carbocycles. The van der Waals surface area contributed by atoms with Gasteiger partial charge in [-0.3, -0.25) is 23.9 Å². The maximum Gasteiger partial charge on any atom is 0.273 e. The Morgan fingerprint density at radius 1 is 0.629 bits per heavy atom. The van der Waals surface area contributed by atoms with Crippen molar-refractivity contribution in [2.45, 2.75) is 53.4 Å². The van der Waals surface area contributed by atoms with E-state index in [1.807, 2.05) is 55.7 Å². The first kappa shape index (κ1) is 35.1. The number of nitrogens with one attached hydrogen (secondary N) is 6. The Labute approximate surface area is 365 Å². The van der Waals surface area contributed by atoms with E-state index in [9.17, 15) is 19.2 Å². The average Bonchev–Trinajstić information content (AvgIpc) is 4.19. The summed E-state index contributed by atoms with van der Waals surface area (Å²) in [6, 6.07) is 13.9. The summed E-state index contributed by atoms with van der Waals surface area (Å²) in [5.41, 5.74) is 4.42. The van der Waals surface area contributed by atoms with Gasteiger partial charge >= 0.3 is 0 Å². The SMILES string of the molecule is [2H]C([2H])([2H])NC(=O)c1nnc(NC(=O)C2CC2)cc1Nc1cccc(-c2nc(C)n(C)n2)c1C.[2H]C([2H])([2H])NC(=O)c1nnc(NC(=O)C2CC2)cc1Nc1cccc(-c2nc(C)nn2C)c1C. The molecule has 0 atom stereocenters. The number of aryl methyl sites for hydroxylation is 4. The summed E-state index contributed by atoms with van der Waals surface area (Å²) >= 11 is 0. The standard InChI is InChI=1S/2C21H24N8O2/c1-11-14(19-23-12(2)29(4)28-19)6-5-7-15(11)24-16-10-17(25-20(30)13-8-9-13)26-27-18(16)21(31)22-3;1-11-14(19-23-12(2)28-29(19)4)6-5-7-15(11)24-16-10-17(25-20(30)13-8-9-13)26-27-18(16)21(31)22-3/h2*5-7,10,13H,8-9H2,1-4H3,(H,22,31)(H2,24,25,26,30)/i2*3D3. The molecular weight excluding hydrogens is 793 g/mol. The average molecular weight is 847 g/mol. The van der Waals surface area contributed by atoms with Crippen molar-refractivity contribution in [1.82, 2.24) is 60.6 Å². The number of carbonyl (C=O) groups excluding carboxylic acids is 4. The third kappa shape index (κ3) is 9.53. The van der Waals surface area contributed by atoms with Crippen LogP contribution in [0.4, 0.5) is 34.4 Å². The zero-order valence-corrected chi connectivity index (χ0v) is 34.7. The van der Waals surface area contributed by atoms with Crippen molar-refractivity contribution in [2.75, 3.05) is 35.2 Å². The zero-order chi connectivity index (χ0) is 49.2. The Morgan fingerprint density at radius 3 is 1.56 bits per heavy atom. The maximum absolute atomic E-state index is 12.6. The molecule has 2 saturated carbocycles. The molecule has 4 amide bonds. The molecule has 0 radical (unpaired) electrons. The predicted octanol–water partition coefficient (Wildman–Crippen LogP) is 4.68. The lowest BCUT2D eigenvalue weighted by atomic mass is 10.1. The molecule has 0 saturated heterocycles. The minimum Gasteiger partial charge on any atom is -0.354 e. The Balaban J connectivity index is 0.000000201. The van der Waals surface area contributed by atoms with Crippen molar-refractivity contribution in [1.29, 1.82) is 0 Å². The van der Waals surface area contributed by atoms with Crippen molar-refractivity contribution in [3.8, 4) is 22.8 Å². The van der Waals surface area contributed by atoms with Crippen molar-refractivity contribution in [3.63, 3.8) is 0 Å². The van der Waals surface area contributed by atoms with E-state index < -0.39 is 25.8 Å². The van der Waals surface area contributed by atoms with E-state index in [0.29, 0.717) is 28.8 Å². The second kappa shape index (κ2) is 17.9. The number of benzene rings is 2. The molecule has 4 aromatic heterocycles. The summed E-state index contributed by atoms with van der Waals surface area (Å²) < 4.78 is 47.3. The predicted molar refractivity (Wildman–Crippen MR) is 232 cm³/mol. The van der Waals surface area contributed by atoms with Crippen LogP contribution in [0.1, 0.15) is 77.7 Å². The number of rotatable bonds is 12. The largest absolute Gasteiger partial charge is 0.354 e. The lowest BCUT2D eigenvalue weighted by Crippen LogP contribution is -2.22. The van der Waals surface area contributed by atoms with Crippen LogP contribution >= 0.6 is 0 Å². The van der Waals surface area contributed by atoms with Gasteiger partial charge in [0.25, 0.3) is 11.8 Å². The van der Waals surface area contributed by atoms with Gasteiger partial charge < -0.3 is 31.9 Å². The van der Waals surface area contributed by atoms with E-state index >= 15 is 0 Å². The van der Waals surface area contributed by atoms with Crippen molar-refractivity contribution < 1.29 is 27.4 Å². The molecule has 6 N–H and O–H groups in total. The first-order chi connectivity index (χ1) is 32.0. The molecule has 0 spiro atoms. The molecule has 320 valence electrons. The molecular formula is C42H48N16O4. The van der Waals surface area contributed by atoms with E-state index in [4.69, 9.17) is 8.22 Å². The van der Waals surface area contributed by atoms with E-state index in [1.165, 1.54) is 12.1 Å². The highest BCUT2D eigenvalue weighted by molar-refractivity contribution is 6.01. The first-order valence-electron chi connectivity index (χ1n) is 22.5. The van der Waals surface area contributed by atoms with E-state index in [-0.39, 0.29) is 58.0 Å². The van der Waals surface area contributed by atoms with Crippen LogP contribution in [0.5, 0.6) is 0 Å². The van der Waals surface area contributed by atoms with Gasteiger partial charge in [0.2, 0.25) is 11.8 Å². The van der Waals surface area contributed by atoms with Crippen molar-refractivity contribution in [2.24, 2.45) is 25.9 Å². The summed E-state index contributed by atoms with van der Waals surface area (Å²) in [6.45, 7) is 2.01. The highest BCUT2D eigenvalue weighted by Crippen LogP contribution is 2.34. The van der Waals surface area contributed by atoms with Crippen LogP contribution in [0.2, 0.25) is 0 Å². The molecule has 2 fully saturated rings. The van der Waals surface area contributed by atoms with Gasteiger partial charge in [-0.15, -0.1) is 20.4 Å². The fourth-order valence-electron chi connectivity index (χ4n) is 6.34. The second-order valence-electron chi connectivity index (χ2n) is 14.8. The van der Waals surface area contributed by atoms with Crippen LogP contribution in [0, 0.1) is 39.5 Å².